The predicted molar refractivity (Wildman–Crippen MR) is 134 cm³/mol. The average Bonchev–Trinajstić information content (AvgIpc) is 3.55. The summed E-state index contributed by atoms with van der Waals surface area (Å²) in [6.07, 6.45) is 5.68. The van der Waals surface area contributed by atoms with Gasteiger partial charge in [-0.1, -0.05) is 6.07 Å². The van der Waals surface area contributed by atoms with Crippen molar-refractivity contribution in [2.45, 2.75) is 65.5 Å². The van der Waals surface area contributed by atoms with Crippen LogP contribution in [0.5, 0.6) is 0 Å². The van der Waals surface area contributed by atoms with Crippen LogP contribution >= 0.6 is 0 Å². The van der Waals surface area contributed by atoms with Gasteiger partial charge in [0.05, 0.1) is 6.10 Å². The molecule has 2 aliphatic rings. The number of aromatic amines is 1. The zero-order chi connectivity index (χ0) is 23.7. The lowest BCUT2D eigenvalue weighted by atomic mass is 9.99. The Kier molecular flexibility index (Phi) is 6.13. The molecule has 0 spiro atoms. The second-order valence-electron chi connectivity index (χ2n) is 9.40. The van der Waals surface area contributed by atoms with Gasteiger partial charge in [-0.05, 0) is 76.3 Å². The van der Waals surface area contributed by atoms with Crippen molar-refractivity contribution >= 4 is 23.3 Å². The zero-order valence-corrected chi connectivity index (χ0v) is 20.4. The van der Waals surface area contributed by atoms with Gasteiger partial charge in [0.15, 0.2) is 11.7 Å². The molecule has 3 heterocycles. The second-order valence-corrected chi connectivity index (χ2v) is 9.40. The molecule has 1 aliphatic heterocycles. The zero-order valence-electron chi connectivity index (χ0n) is 20.4. The number of hydrogen-bond donors (Lipinski definition) is 3. The van der Waals surface area contributed by atoms with Gasteiger partial charge in [0.1, 0.15) is 5.82 Å². The Morgan fingerprint density at radius 3 is 2.74 bits per heavy atom. The lowest BCUT2D eigenvalue weighted by Crippen LogP contribution is -2.32. The largest absolute Gasteiger partial charge is 0.477 e. The minimum Gasteiger partial charge on any atom is -0.477 e. The third-order valence-electron chi connectivity index (χ3n) is 6.11. The highest BCUT2D eigenvalue weighted by atomic mass is 16.5. The Hall–Kier alpha value is -3.55. The fourth-order valence-electron chi connectivity index (χ4n) is 4.34. The second kappa shape index (κ2) is 9.37. The van der Waals surface area contributed by atoms with Crippen molar-refractivity contribution in [3.8, 4) is 0 Å². The third-order valence-corrected chi connectivity index (χ3v) is 6.11. The van der Waals surface area contributed by atoms with Crippen LogP contribution in [0.3, 0.4) is 0 Å². The Bertz CT molecular complexity index is 1200. The molecule has 0 amide bonds. The first kappa shape index (κ1) is 22.3. The van der Waals surface area contributed by atoms with E-state index >= 15 is 0 Å². The summed E-state index contributed by atoms with van der Waals surface area (Å²) < 4.78 is 6.01. The molecule has 0 unspecified atom stereocenters. The van der Waals surface area contributed by atoms with Crippen molar-refractivity contribution in [3.05, 3.63) is 64.8 Å². The van der Waals surface area contributed by atoms with Gasteiger partial charge >= 0.3 is 0 Å². The summed E-state index contributed by atoms with van der Waals surface area (Å²) in [6, 6.07) is 10.5. The van der Waals surface area contributed by atoms with Gasteiger partial charge in [0, 0.05) is 48.2 Å². The molecule has 0 bridgehead atoms. The van der Waals surface area contributed by atoms with Gasteiger partial charge in [-0.25, -0.2) is 4.98 Å². The SMILES string of the molecule is CC=C(OC(C)C)N1CCc2ccc(Nc3nc(C)cc(Nc4cc(C5CC5)[nH]n4)n3)cc2C1. The first-order valence-corrected chi connectivity index (χ1v) is 12.1. The standard InChI is InChI=1S/C26H33N7O/c1-5-25(34-16(2)3)33-11-10-18-8-9-21(13-20(18)15-33)28-26-27-17(4)12-23(30-26)29-24-14-22(31-32-24)19-6-7-19/h5,8-9,12-14,16,19H,6-7,10-11,15H2,1-4H3,(H3,27,28,29,30,31,32). The summed E-state index contributed by atoms with van der Waals surface area (Å²) in [7, 11) is 0. The van der Waals surface area contributed by atoms with E-state index in [1.807, 2.05) is 19.9 Å². The Labute approximate surface area is 200 Å². The van der Waals surface area contributed by atoms with Crippen molar-refractivity contribution in [1.82, 2.24) is 25.1 Å². The molecule has 1 aromatic carbocycles. The molecule has 1 fully saturated rings. The van der Waals surface area contributed by atoms with Crippen molar-refractivity contribution in [2.75, 3.05) is 17.2 Å². The maximum absolute atomic E-state index is 6.01. The van der Waals surface area contributed by atoms with E-state index in [1.54, 1.807) is 0 Å². The minimum absolute atomic E-state index is 0.156. The number of aromatic nitrogens is 4. The van der Waals surface area contributed by atoms with Gasteiger partial charge < -0.3 is 20.3 Å². The molecule has 2 aromatic heterocycles. The first-order valence-electron chi connectivity index (χ1n) is 12.1. The van der Waals surface area contributed by atoms with Gasteiger partial charge in [0.25, 0.3) is 0 Å². The van der Waals surface area contributed by atoms with Crippen LogP contribution in [0.1, 0.15) is 62.0 Å². The Morgan fingerprint density at radius 2 is 1.97 bits per heavy atom. The van der Waals surface area contributed by atoms with Crippen molar-refractivity contribution in [2.24, 2.45) is 0 Å². The van der Waals surface area contributed by atoms with Crippen LogP contribution in [0.25, 0.3) is 0 Å². The third kappa shape index (κ3) is 5.16. The van der Waals surface area contributed by atoms with Gasteiger partial charge in [-0.2, -0.15) is 10.1 Å². The number of H-pyrrole nitrogens is 1. The van der Waals surface area contributed by atoms with Crippen molar-refractivity contribution in [3.63, 3.8) is 0 Å². The predicted octanol–water partition coefficient (Wildman–Crippen LogP) is 5.52. The molecule has 0 saturated heterocycles. The molecule has 178 valence electrons. The van der Waals surface area contributed by atoms with E-state index in [0.29, 0.717) is 11.9 Å². The van der Waals surface area contributed by atoms with Gasteiger partial charge in [-0.3, -0.25) is 5.10 Å². The van der Waals surface area contributed by atoms with E-state index in [1.165, 1.54) is 29.7 Å². The van der Waals surface area contributed by atoms with Crippen molar-refractivity contribution in [1.29, 1.82) is 0 Å². The highest BCUT2D eigenvalue weighted by Crippen LogP contribution is 2.39. The van der Waals surface area contributed by atoms with E-state index in [0.717, 1.165) is 48.4 Å². The number of aryl methyl sites for hydroxylation is 1. The highest BCUT2D eigenvalue weighted by molar-refractivity contribution is 5.60. The average molecular weight is 460 g/mol. The van der Waals surface area contributed by atoms with Crippen LogP contribution in [-0.4, -0.2) is 37.7 Å². The van der Waals surface area contributed by atoms with Gasteiger partial charge in [0.2, 0.25) is 5.95 Å². The summed E-state index contributed by atoms with van der Waals surface area (Å²) in [6.45, 7) is 9.90. The number of anilines is 4. The Morgan fingerprint density at radius 1 is 1.12 bits per heavy atom. The molecular formula is C26H33N7O. The van der Waals surface area contributed by atoms with Crippen LogP contribution in [0.4, 0.5) is 23.3 Å². The molecule has 3 N–H and O–H groups in total. The van der Waals surface area contributed by atoms with Crippen LogP contribution in [0.2, 0.25) is 0 Å². The molecule has 0 atom stereocenters. The summed E-state index contributed by atoms with van der Waals surface area (Å²) in [5.74, 6) is 3.64. The molecule has 1 aliphatic carbocycles. The minimum atomic E-state index is 0.156. The summed E-state index contributed by atoms with van der Waals surface area (Å²) >= 11 is 0. The quantitative estimate of drug-likeness (QED) is 0.382. The lowest BCUT2D eigenvalue weighted by Gasteiger charge is -2.33. The van der Waals surface area contributed by atoms with Crippen LogP contribution in [-0.2, 0) is 17.7 Å². The van der Waals surface area contributed by atoms with E-state index in [-0.39, 0.29) is 6.10 Å². The number of nitrogens with zero attached hydrogens (tertiary/aromatic N) is 4. The number of allylic oxidation sites excluding steroid dienone is 1. The normalized spacial score (nSPS) is 15.9. The molecular weight excluding hydrogens is 426 g/mol. The summed E-state index contributed by atoms with van der Waals surface area (Å²) in [4.78, 5) is 11.6. The lowest BCUT2D eigenvalue weighted by molar-refractivity contribution is 0.0639. The fraction of sp³-hybridized carbons (Fsp3) is 0.423. The topological polar surface area (TPSA) is 91.0 Å². The molecule has 5 rings (SSSR count). The van der Waals surface area contributed by atoms with E-state index in [2.05, 4.69) is 79.9 Å². The molecule has 3 aromatic rings. The number of hydrogen-bond acceptors (Lipinski definition) is 7. The highest BCUT2D eigenvalue weighted by Gasteiger charge is 2.25. The van der Waals surface area contributed by atoms with E-state index in [9.17, 15) is 0 Å². The smallest absolute Gasteiger partial charge is 0.229 e. The molecule has 8 heteroatoms. The first-order chi connectivity index (χ1) is 16.5. The maximum atomic E-state index is 6.01. The molecule has 8 nitrogen and oxygen atoms in total. The number of rotatable bonds is 8. The number of ether oxygens (including phenoxy) is 1. The van der Waals surface area contributed by atoms with Crippen LogP contribution < -0.4 is 10.6 Å². The van der Waals surface area contributed by atoms with E-state index in [4.69, 9.17) is 4.74 Å². The maximum Gasteiger partial charge on any atom is 0.229 e. The molecule has 34 heavy (non-hydrogen) atoms. The number of benzene rings is 1. The number of nitrogens with one attached hydrogen (secondary N) is 3. The van der Waals surface area contributed by atoms with Gasteiger partial charge in [-0.15, -0.1) is 0 Å². The molecule has 0 radical (unpaired) electrons. The Balaban J connectivity index is 1.30. The van der Waals surface area contributed by atoms with Crippen molar-refractivity contribution < 1.29 is 4.74 Å². The monoisotopic (exact) mass is 459 g/mol. The fourth-order valence-corrected chi connectivity index (χ4v) is 4.34. The van der Waals surface area contributed by atoms with Crippen LogP contribution in [0.15, 0.2) is 42.3 Å². The number of fused-ring (bicyclic) bond motifs is 1. The molecule has 1 saturated carbocycles. The van der Waals surface area contributed by atoms with Crippen LogP contribution in [0, 0.1) is 6.92 Å². The summed E-state index contributed by atoms with van der Waals surface area (Å²) in [5.41, 5.74) is 5.71. The van der Waals surface area contributed by atoms with E-state index < -0.39 is 0 Å². The summed E-state index contributed by atoms with van der Waals surface area (Å²) in [5, 5.41) is 14.2.